The van der Waals surface area contributed by atoms with Crippen molar-refractivity contribution in [1.82, 2.24) is 20.5 Å². The Bertz CT molecular complexity index is 1070. The van der Waals surface area contributed by atoms with Crippen LogP contribution in [0.2, 0.25) is 0 Å². The van der Waals surface area contributed by atoms with Crippen LogP contribution in [-0.4, -0.2) is 62.5 Å². The number of thiazole rings is 1. The van der Waals surface area contributed by atoms with Gasteiger partial charge in [0.2, 0.25) is 0 Å². The Morgan fingerprint density at radius 1 is 1.28 bits per heavy atom. The van der Waals surface area contributed by atoms with Gasteiger partial charge in [-0.25, -0.2) is 0 Å². The Balaban J connectivity index is 1.66. The molecule has 2 aromatic heterocycles. The Morgan fingerprint density at radius 3 is 2.83 bits per heavy atom. The number of nitrogens with one attached hydrogen (secondary N) is 1. The number of aromatic nitrogens is 3. The molecule has 6 nitrogen and oxygen atoms in total. The van der Waals surface area contributed by atoms with Crippen LogP contribution in [0.1, 0.15) is 18.9 Å². The molecule has 0 atom stereocenters. The van der Waals surface area contributed by atoms with Crippen molar-refractivity contribution in [3.05, 3.63) is 35.9 Å². The Hall–Kier alpha value is -2.58. The first kappa shape index (κ1) is 19.7. The normalized spacial score (nSPS) is 15.5. The van der Waals surface area contributed by atoms with Crippen molar-refractivity contribution < 1.29 is 0 Å². The van der Waals surface area contributed by atoms with Crippen molar-refractivity contribution in [2.45, 2.75) is 13.3 Å². The van der Waals surface area contributed by atoms with Gasteiger partial charge >= 0.3 is 0 Å². The highest BCUT2D eigenvalue weighted by Crippen LogP contribution is 2.30. The number of anilines is 1. The van der Waals surface area contributed by atoms with Gasteiger partial charge in [0.1, 0.15) is 7.85 Å². The lowest BCUT2D eigenvalue weighted by Gasteiger charge is -2.26. The highest BCUT2D eigenvalue weighted by atomic mass is 32.1. The molecule has 3 heterocycles. The molecular weight excluding hydrogens is 379 g/mol. The fraction of sp³-hybridized carbons (Fsp3) is 0.333. The van der Waals surface area contributed by atoms with Crippen molar-refractivity contribution >= 4 is 51.9 Å². The van der Waals surface area contributed by atoms with E-state index in [-0.39, 0.29) is 0 Å². The zero-order valence-electron chi connectivity index (χ0n) is 16.7. The fourth-order valence-corrected chi connectivity index (χ4v) is 4.42. The van der Waals surface area contributed by atoms with Crippen LogP contribution in [0.3, 0.4) is 0 Å². The van der Waals surface area contributed by atoms with E-state index in [4.69, 9.17) is 7.85 Å². The number of aliphatic imine (C=N–C) groups is 1. The maximum Gasteiger partial charge on any atom is 0.194 e. The molecule has 1 aliphatic rings. The number of nitrogens with zero attached hydrogens (tertiary/aromatic N) is 5. The summed E-state index contributed by atoms with van der Waals surface area (Å²) in [5.41, 5.74) is 5.13. The smallest absolute Gasteiger partial charge is 0.194 e. The van der Waals surface area contributed by atoms with E-state index in [0.29, 0.717) is 11.1 Å². The summed E-state index contributed by atoms with van der Waals surface area (Å²) >= 11 is 1.66. The average molecular weight is 402 g/mol. The van der Waals surface area contributed by atoms with Crippen molar-refractivity contribution in [3.63, 3.8) is 0 Å². The SMILES string of the molecule is [B]c1cc(/C(C=NC)=C/CC)ccc1-c1cc2sc(N3CCNCC3)nc2nn1. The third kappa shape index (κ3) is 4.23. The Kier molecular flexibility index (Phi) is 6.01. The molecule has 0 aliphatic carbocycles. The highest BCUT2D eigenvalue weighted by molar-refractivity contribution is 7.22. The average Bonchev–Trinajstić information content (AvgIpc) is 3.17. The van der Waals surface area contributed by atoms with E-state index in [0.717, 1.165) is 64.8 Å². The van der Waals surface area contributed by atoms with Gasteiger partial charge in [-0.15, -0.1) is 10.2 Å². The summed E-state index contributed by atoms with van der Waals surface area (Å²) in [6.07, 6.45) is 4.94. The van der Waals surface area contributed by atoms with Crippen LogP contribution in [-0.2, 0) is 0 Å². The van der Waals surface area contributed by atoms with Gasteiger partial charge in [0.15, 0.2) is 10.8 Å². The largest absolute Gasteiger partial charge is 0.345 e. The number of hydrogen-bond acceptors (Lipinski definition) is 7. The third-order valence-electron chi connectivity index (χ3n) is 4.88. The zero-order valence-corrected chi connectivity index (χ0v) is 17.5. The van der Waals surface area contributed by atoms with Crippen molar-refractivity contribution in [2.24, 2.45) is 4.99 Å². The zero-order chi connectivity index (χ0) is 20.2. The van der Waals surface area contributed by atoms with Crippen molar-refractivity contribution in [2.75, 3.05) is 38.1 Å². The first-order valence-electron chi connectivity index (χ1n) is 9.82. The van der Waals surface area contributed by atoms with E-state index < -0.39 is 0 Å². The number of piperazine rings is 1. The molecule has 1 aliphatic heterocycles. The van der Waals surface area contributed by atoms with E-state index in [1.165, 1.54) is 0 Å². The van der Waals surface area contributed by atoms with E-state index in [9.17, 15) is 0 Å². The van der Waals surface area contributed by atoms with Gasteiger partial charge in [-0.3, -0.25) is 4.99 Å². The first-order chi connectivity index (χ1) is 14.2. The second-order valence-electron chi connectivity index (χ2n) is 6.91. The Morgan fingerprint density at radius 2 is 2.10 bits per heavy atom. The van der Waals surface area contributed by atoms with Gasteiger partial charge in [-0.1, -0.05) is 48.0 Å². The minimum Gasteiger partial charge on any atom is -0.345 e. The molecule has 3 aromatic rings. The van der Waals surface area contributed by atoms with Crippen LogP contribution in [0.5, 0.6) is 0 Å². The summed E-state index contributed by atoms with van der Waals surface area (Å²) in [6, 6.07) is 8.07. The van der Waals surface area contributed by atoms with Crippen LogP contribution in [0.4, 0.5) is 5.13 Å². The molecule has 8 heteroatoms. The van der Waals surface area contributed by atoms with E-state index in [2.05, 4.69) is 49.5 Å². The molecule has 0 saturated carbocycles. The minimum atomic E-state index is 0.675. The lowest BCUT2D eigenvalue weighted by molar-refractivity contribution is 0.588. The van der Waals surface area contributed by atoms with Crippen LogP contribution in [0.15, 0.2) is 35.3 Å². The number of rotatable bonds is 5. The first-order valence-corrected chi connectivity index (χ1v) is 10.6. The molecule has 2 radical (unpaired) electrons. The quantitative estimate of drug-likeness (QED) is 0.525. The number of benzene rings is 1. The van der Waals surface area contributed by atoms with Crippen LogP contribution in [0, 0.1) is 0 Å². The molecule has 1 saturated heterocycles. The molecule has 0 unspecified atom stereocenters. The van der Waals surface area contributed by atoms with Crippen LogP contribution < -0.4 is 15.7 Å². The molecule has 0 spiro atoms. The maximum absolute atomic E-state index is 6.38. The summed E-state index contributed by atoms with van der Waals surface area (Å²) in [7, 11) is 8.16. The van der Waals surface area contributed by atoms with Crippen LogP contribution >= 0.6 is 11.3 Å². The number of allylic oxidation sites excluding steroid dienone is 2. The maximum atomic E-state index is 6.38. The van der Waals surface area contributed by atoms with Gasteiger partial charge < -0.3 is 10.2 Å². The molecule has 0 bridgehead atoms. The summed E-state index contributed by atoms with van der Waals surface area (Å²) in [4.78, 5) is 11.1. The second-order valence-corrected chi connectivity index (χ2v) is 7.92. The van der Waals surface area contributed by atoms with Gasteiger partial charge in [-0.05, 0) is 29.2 Å². The molecule has 4 rings (SSSR count). The number of hydrogen-bond donors (Lipinski definition) is 1. The van der Waals surface area contributed by atoms with E-state index in [1.807, 2.05) is 24.4 Å². The molecular formula is C21H23BN6S. The van der Waals surface area contributed by atoms with Crippen molar-refractivity contribution in [1.29, 1.82) is 0 Å². The monoisotopic (exact) mass is 402 g/mol. The van der Waals surface area contributed by atoms with Gasteiger partial charge in [-0.2, -0.15) is 4.98 Å². The summed E-state index contributed by atoms with van der Waals surface area (Å²) in [5, 5.41) is 13.1. The molecule has 1 N–H and O–H groups in total. The predicted octanol–water partition coefficient (Wildman–Crippen LogP) is 2.45. The summed E-state index contributed by atoms with van der Waals surface area (Å²) < 4.78 is 1.02. The molecule has 0 amide bonds. The molecule has 1 aromatic carbocycles. The van der Waals surface area contributed by atoms with Crippen LogP contribution in [0.25, 0.3) is 27.2 Å². The summed E-state index contributed by atoms with van der Waals surface area (Å²) in [5.74, 6) is 0. The Labute approximate surface area is 176 Å². The standard InChI is InChI=1S/C21H23BN6S/c1-3-4-15(13-23-2)14-5-6-16(17(22)11-14)18-12-19-20(27-26-18)25-21(29-19)28-9-7-24-8-10-28/h4-6,11-13,24H,3,7-10H2,1-2H3/b15-4+,23-13?. The summed E-state index contributed by atoms with van der Waals surface area (Å²) in [6.45, 7) is 5.99. The molecule has 29 heavy (non-hydrogen) atoms. The predicted molar refractivity (Wildman–Crippen MR) is 124 cm³/mol. The second kappa shape index (κ2) is 8.84. The molecule has 146 valence electrons. The van der Waals surface area contributed by atoms with Gasteiger partial charge in [0, 0.05) is 39.4 Å². The topological polar surface area (TPSA) is 66.3 Å². The number of fused-ring (bicyclic) bond motifs is 1. The lowest BCUT2D eigenvalue weighted by Crippen LogP contribution is -2.43. The van der Waals surface area contributed by atoms with E-state index in [1.54, 1.807) is 18.4 Å². The van der Waals surface area contributed by atoms with Gasteiger partial charge in [0.25, 0.3) is 0 Å². The molecule has 1 fully saturated rings. The lowest BCUT2D eigenvalue weighted by atomic mass is 9.86. The van der Waals surface area contributed by atoms with Gasteiger partial charge in [0.05, 0.1) is 10.4 Å². The minimum absolute atomic E-state index is 0.675. The van der Waals surface area contributed by atoms with E-state index >= 15 is 0 Å². The highest BCUT2D eigenvalue weighted by Gasteiger charge is 2.16. The van der Waals surface area contributed by atoms with Crippen molar-refractivity contribution in [3.8, 4) is 11.3 Å². The third-order valence-corrected chi connectivity index (χ3v) is 5.94. The fourth-order valence-electron chi connectivity index (χ4n) is 3.44.